The van der Waals surface area contributed by atoms with Crippen LogP contribution >= 0.6 is 12.0 Å². The van der Waals surface area contributed by atoms with E-state index in [1.165, 1.54) is 87.6 Å². The molecule has 1 fully saturated rings. The minimum Gasteiger partial charge on any atom is -0.310 e. The molecule has 1 aromatic rings. The summed E-state index contributed by atoms with van der Waals surface area (Å²) in [6, 6.07) is 10.4. The van der Waals surface area contributed by atoms with Crippen molar-refractivity contribution in [2.45, 2.75) is 82.4 Å². The largest absolute Gasteiger partial charge is 0.310 e. The summed E-state index contributed by atoms with van der Waals surface area (Å²) in [6.07, 6.45) is 15.7. The van der Waals surface area contributed by atoms with Crippen LogP contribution in [0.5, 0.6) is 0 Å². The molecule has 0 heterocycles. The molecule has 0 N–H and O–H groups in total. The molecule has 1 saturated carbocycles. The van der Waals surface area contributed by atoms with Crippen molar-refractivity contribution in [2.75, 3.05) is 6.61 Å². The van der Waals surface area contributed by atoms with Gasteiger partial charge >= 0.3 is 0 Å². The normalized spacial score (nSPS) is 21.4. The highest BCUT2D eigenvalue weighted by atomic mass is 32.2. The molecule has 0 spiro atoms. The second-order valence-corrected chi connectivity index (χ2v) is 8.00. The zero-order chi connectivity index (χ0) is 16.2. The van der Waals surface area contributed by atoms with Gasteiger partial charge in [0.05, 0.1) is 6.61 Å². The molecule has 23 heavy (non-hydrogen) atoms. The zero-order valence-electron chi connectivity index (χ0n) is 14.8. The van der Waals surface area contributed by atoms with Crippen LogP contribution in [0, 0.1) is 11.8 Å². The van der Waals surface area contributed by atoms with Crippen LogP contribution in [0.2, 0.25) is 0 Å². The lowest BCUT2D eigenvalue weighted by atomic mass is 9.80. The smallest absolute Gasteiger partial charge is 0.0646 e. The Morgan fingerprint density at radius 3 is 2.26 bits per heavy atom. The van der Waals surface area contributed by atoms with Gasteiger partial charge in [0, 0.05) is 16.9 Å². The Morgan fingerprint density at radius 1 is 0.870 bits per heavy atom. The van der Waals surface area contributed by atoms with Gasteiger partial charge in [-0.05, 0) is 36.8 Å². The van der Waals surface area contributed by atoms with E-state index in [1.807, 2.05) is 0 Å². The minimum atomic E-state index is 0.784. The first-order valence-electron chi connectivity index (χ1n) is 9.73. The molecule has 1 nitrogen and oxygen atoms in total. The van der Waals surface area contributed by atoms with Gasteiger partial charge in [-0.1, -0.05) is 82.9 Å². The van der Waals surface area contributed by atoms with Crippen LogP contribution in [0.3, 0.4) is 0 Å². The van der Waals surface area contributed by atoms with E-state index < -0.39 is 0 Å². The summed E-state index contributed by atoms with van der Waals surface area (Å²) in [5.74, 6) is 1.78. The SMILES string of the molecule is CCCCCCCCC1CCC(COSc2ccccc2)CC1. The Bertz CT molecular complexity index is 384. The molecule has 0 saturated heterocycles. The molecule has 1 aliphatic carbocycles. The van der Waals surface area contributed by atoms with Gasteiger partial charge in [-0.25, -0.2) is 0 Å². The quantitative estimate of drug-likeness (QED) is 0.311. The minimum absolute atomic E-state index is 0.784. The van der Waals surface area contributed by atoms with Gasteiger partial charge in [-0.2, -0.15) is 0 Å². The molecule has 0 radical (unpaired) electrons. The Hall–Kier alpha value is -0.470. The van der Waals surface area contributed by atoms with Crippen molar-refractivity contribution in [1.29, 1.82) is 0 Å². The van der Waals surface area contributed by atoms with E-state index in [9.17, 15) is 0 Å². The topological polar surface area (TPSA) is 9.23 Å². The summed E-state index contributed by atoms with van der Waals surface area (Å²) in [5, 5.41) is 0. The predicted molar refractivity (Wildman–Crippen MR) is 102 cm³/mol. The standard InChI is InChI=1S/C21H34OS/c1-2-3-4-5-6-8-11-19-14-16-20(17-15-19)18-22-23-21-12-9-7-10-13-21/h7,9-10,12-13,19-20H,2-6,8,11,14-18H2,1H3. The molecule has 0 aromatic heterocycles. The van der Waals surface area contributed by atoms with Crippen molar-refractivity contribution in [2.24, 2.45) is 11.8 Å². The molecule has 0 aliphatic heterocycles. The molecule has 0 amide bonds. The maximum Gasteiger partial charge on any atom is 0.0646 e. The van der Waals surface area contributed by atoms with Crippen molar-refractivity contribution >= 4 is 12.0 Å². The molecule has 2 heteroatoms. The monoisotopic (exact) mass is 334 g/mol. The molecular formula is C21H34OS. The first-order valence-corrected chi connectivity index (χ1v) is 10.5. The molecule has 0 atom stereocenters. The lowest BCUT2D eigenvalue weighted by molar-refractivity contribution is 0.194. The summed E-state index contributed by atoms with van der Waals surface area (Å²) in [6.45, 7) is 3.21. The van der Waals surface area contributed by atoms with E-state index in [-0.39, 0.29) is 0 Å². The lowest BCUT2D eigenvalue weighted by Crippen LogP contribution is -2.17. The molecule has 2 rings (SSSR count). The van der Waals surface area contributed by atoms with Crippen LogP contribution in [-0.4, -0.2) is 6.61 Å². The van der Waals surface area contributed by atoms with Crippen LogP contribution in [0.1, 0.15) is 77.6 Å². The maximum atomic E-state index is 5.85. The highest BCUT2D eigenvalue weighted by Gasteiger charge is 2.21. The highest BCUT2D eigenvalue weighted by Crippen LogP contribution is 2.33. The molecule has 0 unspecified atom stereocenters. The number of benzene rings is 1. The van der Waals surface area contributed by atoms with Crippen LogP contribution in [0.4, 0.5) is 0 Å². The first kappa shape index (κ1) is 18.9. The Kier molecular flexibility index (Phi) is 9.82. The van der Waals surface area contributed by atoms with E-state index in [4.69, 9.17) is 4.18 Å². The Balaban J connectivity index is 1.47. The Labute approximate surface area is 147 Å². The third kappa shape index (κ3) is 8.26. The van der Waals surface area contributed by atoms with Crippen molar-refractivity contribution < 1.29 is 4.18 Å². The van der Waals surface area contributed by atoms with Crippen molar-refractivity contribution in [1.82, 2.24) is 0 Å². The second-order valence-electron chi connectivity index (χ2n) is 7.12. The third-order valence-corrected chi connectivity index (χ3v) is 5.85. The van der Waals surface area contributed by atoms with Gasteiger partial charge in [0.1, 0.15) is 0 Å². The molecule has 130 valence electrons. The summed E-state index contributed by atoms with van der Waals surface area (Å²) >= 11 is 1.54. The fourth-order valence-corrected chi connectivity index (χ4v) is 4.24. The van der Waals surface area contributed by atoms with Crippen LogP contribution in [0.25, 0.3) is 0 Å². The number of rotatable bonds is 11. The summed E-state index contributed by atoms with van der Waals surface area (Å²) < 4.78 is 5.85. The van der Waals surface area contributed by atoms with Gasteiger partial charge in [0.2, 0.25) is 0 Å². The summed E-state index contributed by atoms with van der Waals surface area (Å²) in [4.78, 5) is 1.21. The average molecular weight is 335 g/mol. The lowest BCUT2D eigenvalue weighted by Gasteiger charge is -2.28. The van der Waals surface area contributed by atoms with Gasteiger partial charge in [-0.15, -0.1) is 0 Å². The van der Waals surface area contributed by atoms with Gasteiger partial charge in [-0.3, -0.25) is 0 Å². The average Bonchev–Trinajstić information content (AvgIpc) is 2.60. The molecule has 0 bridgehead atoms. The summed E-state index contributed by atoms with van der Waals surface area (Å²) in [5.41, 5.74) is 0. The third-order valence-electron chi connectivity index (χ3n) is 5.13. The molecule has 1 aromatic carbocycles. The number of hydrogen-bond donors (Lipinski definition) is 0. The van der Waals surface area contributed by atoms with Gasteiger partial charge in [0.15, 0.2) is 0 Å². The van der Waals surface area contributed by atoms with E-state index in [1.54, 1.807) is 0 Å². The Morgan fingerprint density at radius 2 is 1.52 bits per heavy atom. The fourth-order valence-electron chi connectivity index (χ4n) is 3.57. The number of unbranched alkanes of at least 4 members (excludes halogenated alkanes) is 5. The van der Waals surface area contributed by atoms with Crippen molar-refractivity contribution in [3.63, 3.8) is 0 Å². The zero-order valence-corrected chi connectivity index (χ0v) is 15.7. The van der Waals surface area contributed by atoms with Crippen LogP contribution < -0.4 is 0 Å². The van der Waals surface area contributed by atoms with E-state index in [0.717, 1.165) is 18.4 Å². The fraction of sp³-hybridized carbons (Fsp3) is 0.714. The van der Waals surface area contributed by atoms with Gasteiger partial charge in [0.25, 0.3) is 0 Å². The van der Waals surface area contributed by atoms with Gasteiger partial charge < -0.3 is 4.18 Å². The van der Waals surface area contributed by atoms with E-state index >= 15 is 0 Å². The first-order chi connectivity index (χ1) is 11.4. The van der Waals surface area contributed by atoms with Crippen molar-refractivity contribution in [3.05, 3.63) is 30.3 Å². The number of hydrogen-bond acceptors (Lipinski definition) is 2. The van der Waals surface area contributed by atoms with Crippen LogP contribution in [0.15, 0.2) is 35.2 Å². The van der Waals surface area contributed by atoms with Crippen molar-refractivity contribution in [3.8, 4) is 0 Å². The second kappa shape index (κ2) is 12.0. The van der Waals surface area contributed by atoms with E-state index in [0.29, 0.717) is 0 Å². The summed E-state index contributed by atoms with van der Waals surface area (Å²) in [7, 11) is 0. The van der Waals surface area contributed by atoms with Crippen LogP contribution in [-0.2, 0) is 4.18 Å². The highest BCUT2D eigenvalue weighted by molar-refractivity contribution is 7.94. The molecular weight excluding hydrogens is 300 g/mol. The maximum absolute atomic E-state index is 5.85. The predicted octanol–water partition coefficient (Wildman–Crippen LogP) is 7.27. The molecule has 1 aliphatic rings. The van der Waals surface area contributed by atoms with E-state index in [2.05, 4.69) is 37.3 Å².